The first-order valence-corrected chi connectivity index (χ1v) is 5.65. The lowest BCUT2D eigenvalue weighted by Gasteiger charge is -2.53. The van der Waals surface area contributed by atoms with E-state index in [1.165, 1.54) is 12.8 Å². The van der Waals surface area contributed by atoms with Crippen LogP contribution in [-0.2, 0) is 0 Å². The molecule has 0 aliphatic heterocycles. The fourth-order valence-corrected chi connectivity index (χ4v) is 3.33. The van der Waals surface area contributed by atoms with Gasteiger partial charge in [0.05, 0.1) is 0 Å². The molecule has 0 heterocycles. The Hall–Kier alpha value is -0.340. The minimum atomic E-state index is -0.0191. The van der Waals surface area contributed by atoms with Crippen LogP contribution in [0.3, 0.4) is 0 Å². The van der Waals surface area contributed by atoms with Crippen molar-refractivity contribution in [3.63, 3.8) is 0 Å². The molecule has 0 amide bonds. The standard InChI is InChI=1S/C12H20O2/c13-9-11-5-1-2-6-12(11,10-14)8-4-3-7-11/h1-2,13-14H,3-10H2/t11-,12-/m1/s1. The summed E-state index contributed by atoms with van der Waals surface area (Å²) in [5.74, 6) is 0. The van der Waals surface area contributed by atoms with Gasteiger partial charge in [-0.3, -0.25) is 0 Å². The molecule has 80 valence electrons. The maximum atomic E-state index is 9.63. The van der Waals surface area contributed by atoms with Gasteiger partial charge in [-0.15, -0.1) is 0 Å². The molecule has 0 spiro atoms. The van der Waals surface area contributed by atoms with Crippen LogP contribution in [-0.4, -0.2) is 23.4 Å². The van der Waals surface area contributed by atoms with Gasteiger partial charge in [0.2, 0.25) is 0 Å². The highest BCUT2D eigenvalue weighted by molar-refractivity contribution is 5.11. The Morgan fingerprint density at radius 1 is 0.857 bits per heavy atom. The first-order valence-electron chi connectivity index (χ1n) is 5.65. The summed E-state index contributed by atoms with van der Waals surface area (Å²) in [4.78, 5) is 0. The molecule has 0 unspecified atom stereocenters. The van der Waals surface area contributed by atoms with E-state index in [-0.39, 0.29) is 24.0 Å². The van der Waals surface area contributed by atoms with Gasteiger partial charge < -0.3 is 10.2 Å². The largest absolute Gasteiger partial charge is 0.396 e. The number of rotatable bonds is 2. The van der Waals surface area contributed by atoms with Crippen molar-refractivity contribution in [2.75, 3.05) is 13.2 Å². The Bertz CT molecular complexity index is 212. The molecule has 0 aromatic rings. The van der Waals surface area contributed by atoms with Gasteiger partial charge in [0.25, 0.3) is 0 Å². The lowest BCUT2D eigenvalue weighted by Crippen LogP contribution is -2.50. The van der Waals surface area contributed by atoms with Gasteiger partial charge in [-0.05, 0) is 25.7 Å². The smallest absolute Gasteiger partial charge is 0.0496 e. The van der Waals surface area contributed by atoms with E-state index in [2.05, 4.69) is 12.2 Å². The molecule has 0 radical (unpaired) electrons. The fourth-order valence-electron chi connectivity index (χ4n) is 3.33. The van der Waals surface area contributed by atoms with E-state index >= 15 is 0 Å². The monoisotopic (exact) mass is 196 g/mol. The van der Waals surface area contributed by atoms with Gasteiger partial charge in [0.1, 0.15) is 0 Å². The molecule has 2 N–H and O–H groups in total. The zero-order chi connectivity index (χ0) is 10.1. The van der Waals surface area contributed by atoms with Crippen LogP contribution >= 0.6 is 0 Å². The van der Waals surface area contributed by atoms with Crippen LogP contribution in [0.2, 0.25) is 0 Å². The van der Waals surface area contributed by atoms with Crippen molar-refractivity contribution in [1.82, 2.24) is 0 Å². The van der Waals surface area contributed by atoms with Crippen molar-refractivity contribution in [2.24, 2.45) is 10.8 Å². The van der Waals surface area contributed by atoms with Crippen molar-refractivity contribution in [3.8, 4) is 0 Å². The average Bonchev–Trinajstić information content (AvgIpc) is 2.28. The van der Waals surface area contributed by atoms with Crippen LogP contribution < -0.4 is 0 Å². The molecule has 2 heteroatoms. The SMILES string of the molecule is OC[C@]12CC=CC[C@]1(CO)CCCC2. The highest BCUT2D eigenvalue weighted by Crippen LogP contribution is 2.56. The molecular weight excluding hydrogens is 176 g/mol. The lowest BCUT2D eigenvalue weighted by atomic mass is 9.52. The number of hydrogen-bond acceptors (Lipinski definition) is 2. The number of fused-ring (bicyclic) bond motifs is 1. The van der Waals surface area contributed by atoms with E-state index < -0.39 is 0 Å². The van der Waals surface area contributed by atoms with Gasteiger partial charge in [-0.1, -0.05) is 25.0 Å². The molecule has 0 saturated heterocycles. The minimum absolute atomic E-state index is 0.0191. The van der Waals surface area contributed by atoms with Gasteiger partial charge >= 0.3 is 0 Å². The molecule has 0 aromatic carbocycles. The Morgan fingerprint density at radius 3 is 1.64 bits per heavy atom. The molecular formula is C12H20O2. The van der Waals surface area contributed by atoms with Crippen molar-refractivity contribution < 1.29 is 10.2 Å². The molecule has 0 bridgehead atoms. The predicted molar refractivity (Wildman–Crippen MR) is 55.9 cm³/mol. The third-order valence-electron chi connectivity index (χ3n) is 4.47. The highest BCUT2D eigenvalue weighted by atomic mass is 16.3. The molecule has 2 rings (SSSR count). The summed E-state index contributed by atoms with van der Waals surface area (Å²) in [5.41, 5.74) is -0.0382. The number of allylic oxidation sites excluding steroid dienone is 2. The van der Waals surface area contributed by atoms with Crippen molar-refractivity contribution >= 4 is 0 Å². The van der Waals surface area contributed by atoms with Crippen LogP contribution in [0.5, 0.6) is 0 Å². The number of aliphatic hydroxyl groups excluding tert-OH is 2. The van der Waals surface area contributed by atoms with Crippen LogP contribution in [0, 0.1) is 10.8 Å². The predicted octanol–water partition coefficient (Wildman–Crippen LogP) is 1.87. The Labute approximate surface area is 85.6 Å². The first kappa shape index (κ1) is 10.2. The molecule has 1 fully saturated rings. The first-order chi connectivity index (χ1) is 6.79. The molecule has 2 atom stereocenters. The third-order valence-corrected chi connectivity index (χ3v) is 4.47. The van der Waals surface area contributed by atoms with E-state index in [1.807, 2.05) is 0 Å². The molecule has 2 nitrogen and oxygen atoms in total. The summed E-state index contributed by atoms with van der Waals surface area (Å²) in [7, 11) is 0. The second-order valence-electron chi connectivity index (χ2n) is 4.96. The van der Waals surface area contributed by atoms with E-state index in [9.17, 15) is 10.2 Å². The van der Waals surface area contributed by atoms with Gasteiger partial charge in [-0.2, -0.15) is 0 Å². The van der Waals surface area contributed by atoms with Crippen molar-refractivity contribution in [1.29, 1.82) is 0 Å². The zero-order valence-corrected chi connectivity index (χ0v) is 8.71. The van der Waals surface area contributed by atoms with Crippen LogP contribution in [0.1, 0.15) is 38.5 Å². The number of aliphatic hydroxyl groups is 2. The molecule has 0 aromatic heterocycles. The Kier molecular flexibility index (Phi) is 2.67. The summed E-state index contributed by atoms with van der Waals surface area (Å²) < 4.78 is 0. The molecule has 2 aliphatic carbocycles. The van der Waals surface area contributed by atoms with Crippen LogP contribution in [0.25, 0.3) is 0 Å². The second kappa shape index (κ2) is 3.67. The van der Waals surface area contributed by atoms with Crippen molar-refractivity contribution in [3.05, 3.63) is 12.2 Å². The zero-order valence-electron chi connectivity index (χ0n) is 8.71. The summed E-state index contributed by atoms with van der Waals surface area (Å²) in [6.07, 6.45) is 10.8. The number of hydrogen-bond donors (Lipinski definition) is 2. The summed E-state index contributed by atoms with van der Waals surface area (Å²) in [6, 6.07) is 0. The van der Waals surface area contributed by atoms with E-state index in [4.69, 9.17) is 0 Å². The summed E-state index contributed by atoms with van der Waals surface area (Å²) in [5, 5.41) is 19.3. The van der Waals surface area contributed by atoms with Gasteiger partial charge in [0, 0.05) is 24.0 Å². The summed E-state index contributed by atoms with van der Waals surface area (Å²) >= 11 is 0. The maximum Gasteiger partial charge on any atom is 0.0496 e. The van der Waals surface area contributed by atoms with Crippen molar-refractivity contribution in [2.45, 2.75) is 38.5 Å². The summed E-state index contributed by atoms with van der Waals surface area (Å²) in [6.45, 7) is 0.468. The molecule has 2 aliphatic rings. The molecule has 1 saturated carbocycles. The average molecular weight is 196 g/mol. The molecule has 14 heavy (non-hydrogen) atoms. The van der Waals surface area contributed by atoms with E-state index in [0.29, 0.717) is 0 Å². The maximum absolute atomic E-state index is 9.63. The Morgan fingerprint density at radius 2 is 1.29 bits per heavy atom. The third kappa shape index (κ3) is 1.24. The topological polar surface area (TPSA) is 40.5 Å². The van der Waals surface area contributed by atoms with Crippen LogP contribution in [0.4, 0.5) is 0 Å². The fraction of sp³-hybridized carbons (Fsp3) is 0.833. The van der Waals surface area contributed by atoms with E-state index in [1.54, 1.807) is 0 Å². The highest BCUT2D eigenvalue weighted by Gasteiger charge is 2.51. The quantitative estimate of drug-likeness (QED) is 0.662. The normalized spacial score (nSPS) is 42.1. The van der Waals surface area contributed by atoms with E-state index in [0.717, 1.165) is 25.7 Å². The minimum Gasteiger partial charge on any atom is -0.396 e. The van der Waals surface area contributed by atoms with Gasteiger partial charge in [-0.25, -0.2) is 0 Å². The second-order valence-corrected chi connectivity index (χ2v) is 4.96. The Balaban J connectivity index is 2.33. The lowest BCUT2D eigenvalue weighted by molar-refractivity contribution is -0.0898. The van der Waals surface area contributed by atoms with Crippen LogP contribution in [0.15, 0.2) is 12.2 Å². The van der Waals surface area contributed by atoms with Gasteiger partial charge in [0.15, 0.2) is 0 Å².